The van der Waals surface area contributed by atoms with Gasteiger partial charge in [0, 0.05) is 18.3 Å². The largest absolute Gasteiger partial charge is 0.449 e. The van der Waals surface area contributed by atoms with Crippen LogP contribution in [0.2, 0.25) is 0 Å². The van der Waals surface area contributed by atoms with Crippen molar-refractivity contribution in [3.05, 3.63) is 59.7 Å². The molecule has 0 spiro atoms. The van der Waals surface area contributed by atoms with Crippen LogP contribution in [-0.4, -0.2) is 23.9 Å². The van der Waals surface area contributed by atoms with Gasteiger partial charge in [-0.1, -0.05) is 6.07 Å². The van der Waals surface area contributed by atoms with Gasteiger partial charge in [-0.15, -0.1) is 0 Å². The van der Waals surface area contributed by atoms with E-state index in [9.17, 15) is 14.4 Å². The topological polar surface area (TPSA) is 108 Å². The molecule has 0 aliphatic heterocycles. The molecule has 2 aromatic carbocycles. The normalized spacial score (nSPS) is 11.0. The molecule has 1 atom stereocenters. The fourth-order valence-corrected chi connectivity index (χ4v) is 2.08. The Labute approximate surface area is 150 Å². The van der Waals surface area contributed by atoms with Crippen LogP contribution in [-0.2, 0) is 14.3 Å². The summed E-state index contributed by atoms with van der Waals surface area (Å²) in [6.45, 7) is 2.85. The maximum absolute atomic E-state index is 12.2. The number of nitriles is 1. The summed E-state index contributed by atoms with van der Waals surface area (Å²) < 4.78 is 5.13. The van der Waals surface area contributed by atoms with Crippen molar-refractivity contribution in [2.75, 3.05) is 10.6 Å². The first kappa shape index (κ1) is 18.7. The van der Waals surface area contributed by atoms with Gasteiger partial charge < -0.3 is 15.4 Å². The lowest BCUT2D eigenvalue weighted by Gasteiger charge is -2.14. The molecule has 0 saturated heterocycles. The van der Waals surface area contributed by atoms with Crippen molar-refractivity contribution in [2.45, 2.75) is 20.0 Å². The minimum Gasteiger partial charge on any atom is -0.449 e. The second-order valence-corrected chi connectivity index (χ2v) is 5.49. The van der Waals surface area contributed by atoms with Gasteiger partial charge in [-0.2, -0.15) is 5.26 Å². The molecule has 0 fully saturated rings. The molecule has 2 N–H and O–H groups in total. The number of esters is 1. The SMILES string of the molecule is CC(=O)Nc1ccc(NC(=O)[C@@H](C)OC(=O)c2cccc(C#N)c2)cc1. The van der Waals surface area contributed by atoms with Gasteiger partial charge >= 0.3 is 5.97 Å². The van der Waals surface area contributed by atoms with Crippen LogP contribution in [0.1, 0.15) is 29.8 Å². The van der Waals surface area contributed by atoms with Crippen LogP contribution in [0.25, 0.3) is 0 Å². The average Bonchev–Trinajstić information content (AvgIpc) is 2.62. The third-order valence-corrected chi connectivity index (χ3v) is 3.35. The smallest absolute Gasteiger partial charge is 0.338 e. The van der Waals surface area contributed by atoms with Gasteiger partial charge in [0.15, 0.2) is 6.10 Å². The number of carbonyl (C=O) groups is 3. The lowest BCUT2D eigenvalue weighted by Crippen LogP contribution is -2.30. The van der Waals surface area contributed by atoms with Crippen LogP contribution in [0.15, 0.2) is 48.5 Å². The zero-order chi connectivity index (χ0) is 19.1. The molecule has 0 bridgehead atoms. The maximum atomic E-state index is 12.2. The number of nitrogens with zero attached hydrogens (tertiary/aromatic N) is 1. The molecule has 7 heteroatoms. The van der Waals surface area contributed by atoms with Crippen LogP contribution >= 0.6 is 0 Å². The second kappa shape index (κ2) is 8.44. The van der Waals surface area contributed by atoms with E-state index in [-0.39, 0.29) is 11.5 Å². The van der Waals surface area contributed by atoms with E-state index in [0.717, 1.165) is 0 Å². The predicted molar refractivity (Wildman–Crippen MR) is 95.4 cm³/mol. The van der Waals surface area contributed by atoms with Gasteiger partial charge in [0.05, 0.1) is 17.2 Å². The van der Waals surface area contributed by atoms with Gasteiger partial charge in [-0.25, -0.2) is 4.79 Å². The van der Waals surface area contributed by atoms with E-state index < -0.39 is 18.0 Å². The molecule has 0 aliphatic rings. The molecule has 132 valence electrons. The minimum absolute atomic E-state index is 0.192. The van der Waals surface area contributed by atoms with Crippen molar-refractivity contribution >= 4 is 29.2 Å². The lowest BCUT2D eigenvalue weighted by molar-refractivity contribution is -0.123. The monoisotopic (exact) mass is 351 g/mol. The number of anilines is 2. The highest BCUT2D eigenvalue weighted by atomic mass is 16.5. The summed E-state index contributed by atoms with van der Waals surface area (Å²) in [7, 11) is 0. The van der Waals surface area contributed by atoms with Gasteiger partial charge in [-0.3, -0.25) is 9.59 Å². The third kappa shape index (κ3) is 5.18. The number of amides is 2. The summed E-state index contributed by atoms with van der Waals surface area (Å²) >= 11 is 0. The summed E-state index contributed by atoms with van der Waals surface area (Å²) in [5.74, 6) is -1.38. The molecule has 0 heterocycles. The fraction of sp³-hybridized carbons (Fsp3) is 0.158. The Hall–Kier alpha value is -3.66. The predicted octanol–water partition coefficient (Wildman–Crippen LogP) is 2.70. The van der Waals surface area contributed by atoms with E-state index in [1.54, 1.807) is 36.4 Å². The van der Waals surface area contributed by atoms with Gasteiger partial charge in [0.1, 0.15) is 0 Å². The Balaban J connectivity index is 1.95. The molecule has 0 unspecified atom stereocenters. The quantitative estimate of drug-likeness (QED) is 0.805. The molecule has 0 aliphatic carbocycles. The van der Waals surface area contributed by atoms with Crippen LogP contribution in [0.3, 0.4) is 0 Å². The summed E-state index contributed by atoms with van der Waals surface area (Å²) in [4.78, 5) is 35.2. The molecule has 0 aromatic heterocycles. The van der Waals surface area contributed by atoms with E-state index in [2.05, 4.69) is 10.6 Å². The molecule has 2 amide bonds. The first-order valence-electron chi connectivity index (χ1n) is 7.78. The Bertz CT molecular complexity index is 869. The first-order chi connectivity index (χ1) is 12.4. The van der Waals surface area contributed by atoms with E-state index in [1.807, 2.05) is 6.07 Å². The second-order valence-electron chi connectivity index (χ2n) is 5.49. The number of nitrogens with one attached hydrogen (secondary N) is 2. The summed E-state index contributed by atoms with van der Waals surface area (Å²) in [5.41, 5.74) is 1.63. The summed E-state index contributed by atoms with van der Waals surface area (Å²) in [6.07, 6.45) is -1.02. The molecular weight excluding hydrogens is 334 g/mol. The molecule has 0 radical (unpaired) electrons. The minimum atomic E-state index is -1.02. The number of rotatable bonds is 5. The fourth-order valence-electron chi connectivity index (χ4n) is 2.08. The zero-order valence-corrected chi connectivity index (χ0v) is 14.3. The Morgan fingerprint density at radius 1 is 1.04 bits per heavy atom. The summed E-state index contributed by atoms with van der Waals surface area (Å²) in [5, 5.41) is 14.1. The number of hydrogen-bond acceptors (Lipinski definition) is 5. The average molecular weight is 351 g/mol. The number of ether oxygens (including phenoxy) is 1. The van der Waals surface area contributed by atoms with Gasteiger partial charge in [0.25, 0.3) is 5.91 Å². The van der Waals surface area contributed by atoms with Gasteiger partial charge in [-0.05, 0) is 49.4 Å². The number of carbonyl (C=O) groups excluding carboxylic acids is 3. The van der Waals surface area contributed by atoms with Crippen LogP contribution in [0.5, 0.6) is 0 Å². The highest BCUT2D eigenvalue weighted by molar-refractivity contribution is 5.97. The molecule has 2 aromatic rings. The molecular formula is C19H17N3O4. The van der Waals surface area contributed by atoms with E-state index in [4.69, 9.17) is 10.00 Å². The number of benzene rings is 2. The van der Waals surface area contributed by atoms with Gasteiger partial charge in [0.2, 0.25) is 5.91 Å². The Kier molecular flexibility index (Phi) is 6.06. The van der Waals surface area contributed by atoms with E-state index >= 15 is 0 Å². The van der Waals surface area contributed by atoms with E-state index in [0.29, 0.717) is 16.9 Å². The van der Waals surface area contributed by atoms with Crippen molar-refractivity contribution < 1.29 is 19.1 Å². The van der Waals surface area contributed by atoms with Crippen LogP contribution < -0.4 is 10.6 Å². The first-order valence-corrected chi connectivity index (χ1v) is 7.78. The molecule has 26 heavy (non-hydrogen) atoms. The Morgan fingerprint density at radius 3 is 2.23 bits per heavy atom. The molecule has 0 saturated carbocycles. The van der Waals surface area contributed by atoms with Crippen molar-refractivity contribution in [1.29, 1.82) is 5.26 Å². The molecule has 2 rings (SSSR count). The molecule has 7 nitrogen and oxygen atoms in total. The van der Waals surface area contributed by atoms with Crippen molar-refractivity contribution in [2.24, 2.45) is 0 Å². The Morgan fingerprint density at radius 2 is 1.65 bits per heavy atom. The zero-order valence-electron chi connectivity index (χ0n) is 14.3. The lowest BCUT2D eigenvalue weighted by atomic mass is 10.1. The van der Waals surface area contributed by atoms with Crippen molar-refractivity contribution in [3.63, 3.8) is 0 Å². The standard InChI is InChI=1S/C19H17N3O4/c1-12(26-19(25)15-5-3-4-14(10-15)11-20)18(24)22-17-8-6-16(7-9-17)21-13(2)23/h3-10,12H,1-2H3,(H,21,23)(H,22,24)/t12-/m1/s1. The highest BCUT2D eigenvalue weighted by Crippen LogP contribution is 2.14. The van der Waals surface area contributed by atoms with Crippen molar-refractivity contribution in [3.8, 4) is 6.07 Å². The van der Waals surface area contributed by atoms with E-state index in [1.165, 1.54) is 26.0 Å². The third-order valence-electron chi connectivity index (χ3n) is 3.35. The summed E-state index contributed by atoms with van der Waals surface area (Å²) in [6, 6.07) is 14.5. The van der Waals surface area contributed by atoms with Crippen molar-refractivity contribution in [1.82, 2.24) is 0 Å². The number of hydrogen-bond donors (Lipinski definition) is 2. The maximum Gasteiger partial charge on any atom is 0.338 e. The van der Waals surface area contributed by atoms with Crippen LogP contribution in [0.4, 0.5) is 11.4 Å². The highest BCUT2D eigenvalue weighted by Gasteiger charge is 2.19. The van der Waals surface area contributed by atoms with Crippen LogP contribution in [0, 0.1) is 11.3 Å².